The predicted molar refractivity (Wildman–Crippen MR) is 125 cm³/mol. The molecular weight excluding hydrogens is 436 g/mol. The minimum atomic E-state index is -0.334. The van der Waals surface area contributed by atoms with E-state index < -0.39 is 0 Å². The third kappa shape index (κ3) is 4.99. The summed E-state index contributed by atoms with van der Waals surface area (Å²) in [4.78, 5) is 25.2. The first-order valence-electron chi connectivity index (χ1n) is 10.3. The first-order valence-corrected chi connectivity index (χ1v) is 11.1. The molecule has 0 aromatic carbocycles. The Labute approximate surface area is 192 Å². The maximum Gasteiger partial charge on any atom is 0.272 e. The lowest BCUT2D eigenvalue weighted by atomic mass is 9.88. The van der Waals surface area contributed by atoms with Gasteiger partial charge in [-0.2, -0.15) is 5.10 Å². The third-order valence-corrected chi connectivity index (χ3v) is 6.62. The lowest BCUT2D eigenvalue weighted by Gasteiger charge is -2.30. The summed E-state index contributed by atoms with van der Waals surface area (Å²) in [5.74, 6) is 0.976. The van der Waals surface area contributed by atoms with E-state index >= 15 is 0 Å². The van der Waals surface area contributed by atoms with Crippen molar-refractivity contribution in [3.05, 3.63) is 29.5 Å². The molecule has 1 aliphatic heterocycles. The highest BCUT2D eigenvalue weighted by Gasteiger charge is 2.26. The number of nitrogens with one attached hydrogen (secondary N) is 1. The average molecular weight is 465 g/mol. The summed E-state index contributed by atoms with van der Waals surface area (Å²) < 4.78 is 1.79. The van der Waals surface area contributed by atoms with E-state index in [1.54, 1.807) is 33.0 Å². The zero-order chi connectivity index (χ0) is 21.5. The first-order chi connectivity index (χ1) is 14.2. The number of fused-ring (bicyclic) bond motifs is 1. The smallest absolute Gasteiger partial charge is 0.272 e. The van der Waals surface area contributed by atoms with Crippen LogP contribution in [0.4, 0.5) is 5.82 Å². The van der Waals surface area contributed by atoms with Crippen LogP contribution in [-0.2, 0) is 0 Å². The summed E-state index contributed by atoms with van der Waals surface area (Å²) in [6.07, 6.45) is 4.48. The molecule has 0 unspecified atom stereocenters. The van der Waals surface area contributed by atoms with Gasteiger partial charge in [0.05, 0.1) is 17.9 Å². The van der Waals surface area contributed by atoms with Gasteiger partial charge >= 0.3 is 0 Å². The number of carbonyl (C=O) groups is 1. The Morgan fingerprint density at radius 1 is 1.29 bits per heavy atom. The minimum absolute atomic E-state index is 0. The molecule has 0 radical (unpaired) electrons. The maximum atomic E-state index is 13.2. The molecule has 31 heavy (non-hydrogen) atoms. The fourth-order valence-electron chi connectivity index (χ4n) is 3.30. The van der Waals surface area contributed by atoms with Crippen molar-refractivity contribution < 1.29 is 9.90 Å². The molecule has 1 amide bonds. The van der Waals surface area contributed by atoms with Crippen LogP contribution in [0.1, 0.15) is 51.0 Å². The van der Waals surface area contributed by atoms with Crippen molar-refractivity contribution in [1.29, 1.82) is 0 Å². The molecule has 168 valence electrons. The number of amides is 1. The standard InChI is InChI=1S/C21H28N6O2S.ClH/c1-13(21(2,3)4)23-17-11-16(19(29)26-7-5-14(28)6-8-26)24-18(25-17)15-12-22-27-9-10-30-20(15)27;/h9-14,28H,5-8H2,1-4H3,(H,23,24,25);1H/t13-;/m1./s1. The summed E-state index contributed by atoms with van der Waals surface area (Å²) in [5, 5.41) is 19.5. The van der Waals surface area contributed by atoms with Gasteiger partial charge in [-0.3, -0.25) is 4.79 Å². The number of halogens is 1. The van der Waals surface area contributed by atoms with Crippen molar-refractivity contribution in [3.63, 3.8) is 0 Å². The summed E-state index contributed by atoms with van der Waals surface area (Å²) >= 11 is 1.56. The molecule has 0 saturated carbocycles. The molecule has 3 aromatic rings. The zero-order valence-corrected chi connectivity index (χ0v) is 19.8. The average Bonchev–Trinajstić information content (AvgIpc) is 3.30. The van der Waals surface area contributed by atoms with E-state index in [1.165, 1.54) is 0 Å². The maximum absolute atomic E-state index is 13.2. The number of anilines is 1. The Hall–Kier alpha value is -2.23. The summed E-state index contributed by atoms with van der Waals surface area (Å²) in [6, 6.07) is 1.87. The molecule has 4 rings (SSSR count). The Morgan fingerprint density at radius 3 is 2.68 bits per heavy atom. The van der Waals surface area contributed by atoms with E-state index in [4.69, 9.17) is 4.98 Å². The molecule has 10 heteroatoms. The molecule has 0 spiro atoms. The van der Waals surface area contributed by atoms with Gasteiger partial charge in [0.15, 0.2) is 5.82 Å². The van der Waals surface area contributed by atoms with Gasteiger partial charge in [0.25, 0.3) is 5.91 Å². The van der Waals surface area contributed by atoms with Crippen LogP contribution < -0.4 is 5.32 Å². The molecule has 0 aliphatic carbocycles. The molecule has 0 bridgehead atoms. The Morgan fingerprint density at radius 2 is 2.00 bits per heavy atom. The molecule has 1 fully saturated rings. The van der Waals surface area contributed by atoms with E-state index in [-0.39, 0.29) is 35.9 Å². The van der Waals surface area contributed by atoms with Crippen molar-refractivity contribution in [3.8, 4) is 11.4 Å². The monoisotopic (exact) mass is 464 g/mol. The second kappa shape index (κ2) is 9.10. The topological polar surface area (TPSA) is 95.7 Å². The van der Waals surface area contributed by atoms with Gasteiger partial charge in [-0.15, -0.1) is 23.7 Å². The van der Waals surface area contributed by atoms with Crippen LogP contribution in [0.15, 0.2) is 23.8 Å². The van der Waals surface area contributed by atoms with Gasteiger partial charge in [0, 0.05) is 36.8 Å². The number of aliphatic hydroxyl groups excluding tert-OH is 1. The van der Waals surface area contributed by atoms with Crippen LogP contribution in [0, 0.1) is 5.41 Å². The van der Waals surface area contributed by atoms with Crippen LogP contribution in [-0.4, -0.2) is 60.7 Å². The Kier molecular flexibility index (Phi) is 6.88. The van der Waals surface area contributed by atoms with Crippen molar-refractivity contribution in [2.75, 3.05) is 18.4 Å². The summed E-state index contributed by atoms with van der Waals surface area (Å²) in [6.45, 7) is 9.64. The van der Waals surface area contributed by atoms with E-state index in [0.717, 1.165) is 10.4 Å². The summed E-state index contributed by atoms with van der Waals surface area (Å²) in [7, 11) is 0. The number of piperidine rings is 1. The molecule has 1 atom stereocenters. The lowest BCUT2D eigenvalue weighted by molar-refractivity contribution is 0.0541. The largest absolute Gasteiger partial charge is 0.393 e. The van der Waals surface area contributed by atoms with Crippen LogP contribution in [0.3, 0.4) is 0 Å². The fourth-order valence-corrected chi connectivity index (χ4v) is 4.09. The van der Waals surface area contributed by atoms with Gasteiger partial charge in [-0.25, -0.2) is 14.5 Å². The van der Waals surface area contributed by atoms with Gasteiger partial charge in [-0.05, 0) is 25.2 Å². The number of hydrogen-bond donors (Lipinski definition) is 2. The minimum Gasteiger partial charge on any atom is -0.393 e. The number of nitrogens with zero attached hydrogens (tertiary/aromatic N) is 5. The van der Waals surface area contributed by atoms with Crippen molar-refractivity contribution in [2.24, 2.45) is 5.41 Å². The molecular formula is C21H29ClN6O2S. The van der Waals surface area contributed by atoms with E-state index in [1.807, 2.05) is 11.6 Å². The number of carbonyl (C=O) groups excluding carboxylic acids is 1. The van der Waals surface area contributed by atoms with Gasteiger partial charge < -0.3 is 15.3 Å². The SMILES string of the molecule is C[C@@H](Nc1cc(C(=O)N2CCC(O)CC2)nc(-c2cnn3ccsc23)n1)C(C)(C)C.Cl. The highest BCUT2D eigenvalue weighted by molar-refractivity contribution is 7.16. The fraction of sp³-hybridized carbons (Fsp3) is 0.524. The molecule has 3 aromatic heterocycles. The number of aliphatic hydroxyl groups is 1. The van der Waals surface area contributed by atoms with Gasteiger partial charge in [0.2, 0.25) is 0 Å². The molecule has 1 aliphatic rings. The van der Waals surface area contributed by atoms with Crippen LogP contribution >= 0.6 is 23.7 Å². The van der Waals surface area contributed by atoms with Crippen molar-refractivity contribution in [1.82, 2.24) is 24.5 Å². The summed E-state index contributed by atoms with van der Waals surface area (Å²) in [5.41, 5.74) is 1.19. The Bertz CT molecular complexity index is 1050. The Balaban J connectivity index is 0.00000272. The lowest BCUT2D eigenvalue weighted by Crippen LogP contribution is -2.40. The molecule has 8 nitrogen and oxygen atoms in total. The van der Waals surface area contributed by atoms with Crippen LogP contribution in [0.2, 0.25) is 0 Å². The van der Waals surface area contributed by atoms with E-state index in [9.17, 15) is 9.90 Å². The predicted octanol–water partition coefficient (Wildman–Crippen LogP) is 3.72. The second-order valence-electron chi connectivity index (χ2n) is 8.93. The second-order valence-corrected chi connectivity index (χ2v) is 9.82. The molecule has 1 saturated heterocycles. The third-order valence-electron chi connectivity index (χ3n) is 5.73. The number of likely N-dealkylation sites (tertiary alicyclic amines) is 1. The van der Waals surface area contributed by atoms with Gasteiger partial charge in [0.1, 0.15) is 16.3 Å². The van der Waals surface area contributed by atoms with E-state index in [2.05, 4.69) is 43.1 Å². The number of thiazole rings is 1. The van der Waals surface area contributed by atoms with Crippen molar-refractivity contribution >= 4 is 40.3 Å². The first kappa shape index (κ1) is 23.4. The highest BCUT2D eigenvalue weighted by Crippen LogP contribution is 2.28. The quantitative estimate of drug-likeness (QED) is 0.611. The number of hydrogen-bond acceptors (Lipinski definition) is 7. The molecule has 2 N–H and O–H groups in total. The highest BCUT2D eigenvalue weighted by atomic mass is 35.5. The number of aromatic nitrogens is 4. The van der Waals surface area contributed by atoms with Crippen LogP contribution in [0.25, 0.3) is 16.2 Å². The van der Waals surface area contributed by atoms with Crippen molar-refractivity contribution in [2.45, 2.75) is 52.7 Å². The van der Waals surface area contributed by atoms with E-state index in [0.29, 0.717) is 43.3 Å². The normalized spacial score (nSPS) is 16.2. The zero-order valence-electron chi connectivity index (χ0n) is 18.2. The van der Waals surface area contributed by atoms with Crippen LogP contribution in [0.5, 0.6) is 0 Å². The van der Waals surface area contributed by atoms with Gasteiger partial charge in [-0.1, -0.05) is 20.8 Å². The number of rotatable bonds is 4. The molecule has 4 heterocycles.